The van der Waals surface area contributed by atoms with E-state index in [0.717, 1.165) is 18.8 Å². The quantitative estimate of drug-likeness (QED) is 0.688. The standard InChI is InChI=1S/C11H17FN2/c1-4-8-14(9(2)3)11-7-5-6-10(12)13-11/h5-7,9H,4,8H2,1-3H3. The van der Waals surface area contributed by atoms with E-state index in [1.165, 1.54) is 6.07 Å². The molecule has 0 aliphatic rings. The summed E-state index contributed by atoms with van der Waals surface area (Å²) in [4.78, 5) is 5.97. The topological polar surface area (TPSA) is 16.1 Å². The van der Waals surface area contributed by atoms with Crippen molar-refractivity contribution in [3.05, 3.63) is 24.1 Å². The van der Waals surface area contributed by atoms with Gasteiger partial charge in [-0.05, 0) is 32.4 Å². The number of nitrogens with zero attached hydrogens (tertiary/aromatic N) is 2. The Kier molecular flexibility index (Phi) is 3.86. The highest BCUT2D eigenvalue weighted by Crippen LogP contribution is 2.14. The molecule has 14 heavy (non-hydrogen) atoms. The summed E-state index contributed by atoms with van der Waals surface area (Å²) in [7, 11) is 0. The van der Waals surface area contributed by atoms with E-state index in [2.05, 4.69) is 30.7 Å². The van der Waals surface area contributed by atoms with Crippen molar-refractivity contribution in [2.75, 3.05) is 11.4 Å². The Morgan fingerprint density at radius 3 is 2.64 bits per heavy atom. The van der Waals surface area contributed by atoms with Crippen LogP contribution < -0.4 is 4.90 Å². The Morgan fingerprint density at radius 1 is 1.43 bits per heavy atom. The molecule has 0 radical (unpaired) electrons. The largest absolute Gasteiger partial charge is 0.354 e. The summed E-state index contributed by atoms with van der Waals surface area (Å²) in [6.45, 7) is 7.19. The lowest BCUT2D eigenvalue weighted by molar-refractivity contribution is 0.574. The molecule has 0 N–H and O–H groups in total. The molecule has 0 saturated heterocycles. The minimum absolute atomic E-state index is 0.351. The molecule has 1 aromatic rings. The molecule has 78 valence electrons. The van der Waals surface area contributed by atoms with Gasteiger partial charge in [-0.3, -0.25) is 0 Å². The second kappa shape index (κ2) is 4.94. The van der Waals surface area contributed by atoms with Crippen LogP contribution in [0.1, 0.15) is 27.2 Å². The van der Waals surface area contributed by atoms with Crippen molar-refractivity contribution in [1.29, 1.82) is 0 Å². The van der Waals surface area contributed by atoms with Gasteiger partial charge in [-0.1, -0.05) is 13.0 Å². The lowest BCUT2D eigenvalue weighted by atomic mass is 10.3. The van der Waals surface area contributed by atoms with Crippen molar-refractivity contribution in [2.24, 2.45) is 0 Å². The van der Waals surface area contributed by atoms with E-state index in [0.29, 0.717) is 6.04 Å². The van der Waals surface area contributed by atoms with Crippen molar-refractivity contribution < 1.29 is 4.39 Å². The van der Waals surface area contributed by atoms with Crippen LogP contribution in [0.3, 0.4) is 0 Å². The van der Waals surface area contributed by atoms with Crippen LogP contribution in [0.4, 0.5) is 10.2 Å². The number of hydrogen-bond acceptors (Lipinski definition) is 2. The van der Waals surface area contributed by atoms with Crippen LogP contribution in [-0.2, 0) is 0 Å². The summed E-state index contributed by atoms with van der Waals surface area (Å²) in [6, 6.07) is 5.26. The molecule has 0 aliphatic carbocycles. The number of pyridine rings is 1. The first-order valence-electron chi connectivity index (χ1n) is 5.04. The summed E-state index contributed by atoms with van der Waals surface area (Å²) >= 11 is 0. The van der Waals surface area contributed by atoms with Gasteiger partial charge in [0.2, 0.25) is 5.95 Å². The molecule has 1 aromatic heterocycles. The van der Waals surface area contributed by atoms with E-state index in [4.69, 9.17) is 0 Å². The van der Waals surface area contributed by atoms with Gasteiger partial charge < -0.3 is 4.90 Å². The highest BCUT2D eigenvalue weighted by Gasteiger charge is 2.10. The summed E-state index contributed by atoms with van der Waals surface area (Å²) < 4.78 is 12.9. The third kappa shape index (κ3) is 2.69. The van der Waals surface area contributed by atoms with Gasteiger partial charge in [-0.25, -0.2) is 4.98 Å². The maximum atomic E-state index is 12.9. The molecule has 2 nitrogen and oxygen atoms in total. The molecule has 1 rings (SSSR count). The van der Waals surface area contributed by atoms with Gasteiger partial charge in [-0.15, -0.1) is 0 Å². The number of halogens is 1. The molecule has 1 heterocycles. The molecule has 0 bridgehead atoms. The average Bonchev–Trinajstić information content (AvgIpc) is 2.13. The lowest BCUT2D eigenvalue weighted by Gasteiger charge is -2.27. The number of rotatable bonds is 4. The fraction of sp³-hybridized carbons (Fsp3) is 0.545. The van der Waals surface area contributed by atoms with Crippen molar-refractivity contribution in [2.45, 2.75) is 33.2 Å². The van der Waals surface area contributed by atoms with Gasteiger partial charge in [-0.2, -0.15) is 4.39 Å². The average molecular weight is 196 g/mol. The molecule has 0 unspecified atom stereocenters. The molecule has 0 spiro atoms. The first kappa shape index (κ1) is 11.0. The second-order valence-corrected chi connectivity index (χ2v) is 3.61. The van der Waals surface area contributed by atoms with Crippen LogP contribution in [0, 0.1) is 5.95 Å². The molecule has 0 saturated carbocycles. The molecule has 0 aliphatic heterocycles. The van der Waals surface area contributed by atoms with Crippen molar-refractivity contribution in [3.8, 4) is 0 Å². The zero-order chi connectivity index (χ0) is 10.6. The van der Waals surface area contributed by atoms with E-state index in [1.807, 2.05) is 6.07 Å². The first-order chi connectivity index (χ1) is 6.65. The van der Waals surface area contributed by atoms with Crippen LogP contribution >= 0.6 is 0 Å². The van der Waals surface area contributed by atoms with E-state index in [9.17, 15) is 4.39 Å². The highest BCUT2D eigenvalue weighted by molar-refractivity contribution is 5.38. The van der Waals surface area contributed by atoms with Gasteiger partial charge in [0.25, 0.3) is 0 Å². The van der Waals surface area contributed by atoms with Gasteiger partial charge in [0, 0.05) is 12.6 Å². The predicted molar refractivity (Wildman–Crippen MR) is 57.0 cm³/mol. The number of aromatic nitrogens is 1. The molecule has 0 atom stereocenters. The second-order valence-electron chi connectivity index (χ2n) is 3.61. The predicted octanol–water partition coefficient (Wildman–Crippen LogP) is 2.85. The van der Waals surface area contributed by atoms with Gasteiger partial charge >= 0.3 is 0 Å². The first-order valence-corrected chi connectivity index (χ1v) is 5.04. The maximum absolute atomic E-state index is 12.9. The van der Waals surface area contributed by atoms with E-state index in [-0.39, 0.29) is 0 Å². The zero-order valence-electron chi connectivity index (χ0n) is 9.00. The number of hydrogen-bond donors (Lipinski definition) is 0. The molecule has 3 heteroatoms. The van der Waals surface area contributed by atoms with Gasteiger partial charge in [0.05, 0.1) is 0 Å². The van der Waals surface area contributed by atoms with Gasteiger partial charge in [0.1, 0.15) is 5.82 Å². The molecular formula is C11H17FN2. The van der Waals surface area contributed by atoms with Crippen LogP contribution in [0.5, 0.6) is 0 Å². The molecule has 0 fully saturated rings. The lowest BCUT2D eigenvalue weighted by Crippen LogP contribution is -2.32. The van der Waals surface area contributed by atoms with Crippen molar-refractivity contribution in [3.63, 3.8) is 0 Å². The smallest absolute Gasteiger partial charge is 0.214 e. The summed E-state index contributed by atoms with van der Waals surface area (Å²) in [5, 5.41) is 0. The maximum Gasteiger partial charge on any atom is 0.214 e. The van der Waals surface area contributed by atoms with Crippen molar-refractivity contribution >= 4 is 5.82 Å². The molecular weight excluding hydrogens is 179 g/mol. The number of anilines is 1. The normalized spacial score (nSPS) is 10.6. The van der Waals surface area contributed by atoms with Gasteiger partial charge in [0.15, 0.2) is 0 Å². The third-order valence-electron chi connectivity index (χ3n) is 2.08. The zero-order valence-corrected chi connectivity index (χ0v) is 9.00. The van der Waals surface area contributed by atoms with Crippen molar-refractivity contribution in [1.82, 2.24) is 4.98 Å². The molecule has 0 amide bonds. The Hall–Kier alpha value is -1.12. The fourth-order valence-electron chi connectivity index (χ4n) is 1.44. The van der Waals surface area contributed by atoms with Crippen LogP contribution in [0.2, 0.25) is 0 Å². The fourth-order valence-corrected chi connectivity index (χ4v) is 1.44. The van der Waals surface area contributed by atoms with Crippen LogP contribution in [0.15, 0.2) is 18.2 Å². The Morgan fingerprint density at radius 2 is 2.14 bits per heavy atom. The Bertz CT molecular complexity index is 286. The summed E-state index contributed by atoms with van der Waals surface area (Å²) in [6.07, 6.45) is 1.04. The Balaban J connectivity index is 2.87. The SMILES string of the molecule is CCCN(c1cccc(F)n1)C(C)C. The summed E-state index contributed by atoms with van der Waals surface area (Å²) in [5.74, 6) is 0.311. The Labute approximate surface area is 84.8 Å². The van der Waals surface area contributed by atoms with E-state index >= 15 is 0 Å². The minimum atomic E-state index is -0.413. The minimum Gasteiger partial charge on any atom is -0.354 e. The van der Waals surface area contributed by atoms with Crippen LogP contribution in [0.25, 0.3) is 0 Å². The van der Waals surface area contributed by atoms with Crippen LogP contribution in [-0.4, -0.2) is 17.6 Å². The monoisotopic (exact) mass is 196 g/mol. The highest BCUT2D eigenvalue weighted by atomic mass is 19.1. The van der Waals surface area contributed by atoms with E-state index < -0.39 is 5.95 Å². The summed E-state index contributed by atoms with van der Waals surface area (Å²) in [5.41, 5.74) is 0. The third-order valence-corrected chi connectivity index (χ3v) is 2.08. The van der Waals surface area contributed by atoms with E-state index in [1.54, 1.807) is 6.07 Å². The molecule has 0 aromatic carbocycles.